The molecule has 0 aliphatic carbocycles. The van der Waals surface area contributed by atoms with Crippen LogP contribution in [0.4, 0.5) is 20.2 Å². The monoisotopic (exact) mass is 417 g/mol. The van der Waals surface area contributed by atoms with Crippen LogP contribution in [0.2, 0.25) is 5.02 Å². The van der Waals surface area contributed by atoms with Gasteiger partial charge in [-0.2, -0.15) is 5.10 Å². The average molecular weight is 418 g/mol. The summed E-state index contributed by atoms with van der Waals surface area (Å²) in [5.41, 5.74) is 1.25. The van der Waals surface area contributed by atoms with Crippen molar-refractivity contribution in [2.45, 2.75) is 0 Å². The van der Waals surface area contributed by atoms with Crippen LogP contribution in [0.5, 0.6) is 0 Å². The Hall–Kier alpha value is -2.97. The van der Waals surface area contributed by atoms with Gasteiger partial charge in [-0.3, -0.25) is 4.79 Å². The lowest BCUT2D eigenvalue weighted by molar-refractivity contribution is 0.0967. The lowest BCUT2D eigenvalue weighted by Gasteiger charge is -2.11. The van der Waals surface area contributed by atoms with Gasteiger partial charge in [0.15, 0.2) is 0 Å². The SMILES string of the molecule is CNC(=O)c1cc(-n2ncc3cc(Nc4c(F)cccc4Cl)c([18F])cc32)cs1. The minimum absolute atomic E-state index is 0.00265. The van der Waals surface area contributed by atoms with Crippen molar-refractivity contribution in [1.82, 2.24) is 15.1 Å². The summed E-state index contributed by atoms with van der Waals surface area (Å²) in [6, 6.07) is 8.74. The number of carbonyl (C=O) groups excluding carboxylic acids is 1. The lowest BCUT2D eigenvalue weighted by atomic mass is 10.2. The Morgan fingerprint density at radius 1 is 1.21 bits per heavy atom. The van der Waals surface area contributed by atoms with Crippen molar-refractivity contribution in [3.63, 3.8) is 0 Å². The highest BCUT2D eigenvalue weighted by Crippen LogP contribution is 2.32. The number of halogens is 3. The van der Waals surface area contributed by atoms with Crippen molar-refractivity contribution < 1.29 is 13.6 Å². The van der Waals surface area contributed by atoms with Crippen LogP contribution in [0.1, 0.15) is 9.67 Å². The number of fused-ring (bicyclic) bond motifs is 1. The molecule has 2 aromatic heterocycles. The molecule has 1 amide bonds. The fourth-order valence-electron chi connectivity index (χ4n) is 2.78. The molecule has 0 atom stereocenters. The van der Waals surface area contributed by atoms with E-state index in [4.69, 9.17) is 11.6 Å². The minimum atomic E-state index is -0.588. The minimum Gasteiger partial charge on any atom is -0.354 e. The van der Waals surface area contributed by atoms with E-state index in [9.17, 15) is 13.6 Å². The second-order valence-corrected chi connectivity index (χ2v) is 7.24. The van der Waals surface area contributed by atoms with E-state index in [2.05, 4.69) is 15.7 Å². The summed E-state index contributed by atoms with van der Waals surface area (Å²) in [7, 11) is 1.55. The average Bonchev–Trinajstić information content (AvgIpc) is 3.31. The summed E-state index contributed by atoms with van der Waals surface area (Å²) in [4.78, 5) is 12.3. The van der Waals surface area contributed by atoms with Gasteiger partial charge in [-0.1, -0.05) is 17.7 Å². The molecule has 0 spiro atoms. The molecule has 0 aliphatic rings. The maximum absolute atomic E-state index is 14.7. The van der Waals surface area contributed by atoms with E-state index < -0.39 is 11.6 Å². The van der Waals surface area contributed by atoms with Crippen LogP contribution < -0.4 is 10.6 Å². The predicted molar refractivity (Wildman–Crippen MR) is 107 cm³/mol. The molecule has 0 unspecified atom stereocenters. The molecule has 0 bridgehead atoms. The molecule has 2 aromatic carbocycles. The molecule has 28 heavy (non-hydrogen) atoms. The molecule has 4 aromatic rings. The summed E-state index contributed by atoms with van der Waals surface area (Å²) >= 11 is 7.27. The summed E-state index contributed by atoms with van der Waals surface area (Å²) < 4.78 is 30.2. The molecule has 142 valence electrons. The van der Waals surface area contributed by atoms with Crippen LogP contribution in [0.25, 0.3) is 16.6 Å². The summed E-state index contributed by atoms with van der Waals surface area (Å²) in [6.07, 6.45) is 1.57. The van der Waals surface area contributed by atoms with Crippen molar-refractivity contribution in [2.24, 2.45) is 0 Å². The highest BCUT2D eigenvalue weighted by molar-refractivity contribution is 7.12. The third kappa shape index (κ3) is 3.21. The van der Waals surface area contributed by atoms with Crippen LogP contribution in [0, 0.1) is 11.6 Å². The molecule has 0 saturated carbocycles. The third-order valence-electron chi connectivity index (χ3n) is 4.16. The van der Waals surface area contributed by atoms with Gasteiger partial charge in [-0.05, 0) is 24.3 Å². The van der Waals surface area contributed by atoms with E-state index in [1.807, 2.05) is 0 Å². The quantitative estimate of drug-likeness (QED) is 0.484. The fourth-order valence-corrected chi connectivity index (χ4v) is 3.81. The Labute approximate surface area is 167 Å². The highest BCUT2D eigenvalue weighted by atomic mass is 35.5. The van der Waals surface area contributed by atoms with Gasteiger partial charge in [0, 0.05) is 23.9 Å². The topological polar surface area (TPSA) is 59.0 Å². The van der Waals surface area contributed by atoms with Gasteiger partial charge in [0.1, 0.15) is 11.6 Å². The van der Waals surface area contributed by atoms with E-state index in [1.54, 1.807) is 29.4 Å². The third-order valence-corrected chi connectivity index (χ3v) is 5.39. The zero-order valence-electron chi connectivity index (χ0n) is 14.5. The van der Waals surface area contributed by atoms with E-state index in [0.29, 0.717) is 21.5 Å². The number of hydrogen-bond donors (Lipinski definition) is 2. The summed E-state index contributed by atoms with van der Waals surface area (Å²) in [5, 5.41) is 12.1. The first kappa shape index (κ1) is 18.4. The number of benzene rings is 2. The van der Waals surface area contributed by atoms with Crippen molar-refractivity contribution in [1.29, 1.82) is 0 Å². The largest absolute Gasteiger partial charge is 0.354 e. The Balaban J connectivity index is 1.73. The molecule has 2 heterocycles. The Morgan fingerprint density at radius 2 is 2.04 bits per heavy atom. The second-order valence-electron chi connectivity index (χ2n) is 5.92. The highest BCUT2D eigenvalue weighted by Gasteiger charge is 2.15. The van der Waals surface area contributed by atoms with Gasteiger partial charge >= 0.3 is 0 Å². The van der Waals surface area contributed by atoms with Gasteiger partial charge in [0.05, 0.1) is 38.7 Å². The zero-order valence-corrected chi connectivity index (χ0v) is 16.0. The van der Waals surface area contributed by atoms with Crippen molar-refractivity contribution in [3.8, 4) is 5.69 Å². The zero-order chi connectivity index (χ0) is 19.8. The molecule has 9 heteroatoms. The molecule has 4 rings (SSSR count). The number of hydrogen-bond acceptors (Lipinski definition) is 4. The van der Waals surface area contributed by atoms with Gasteiger partial charge in [-0.25, -0.2) is 13.5 Å². The van der Waals surface area contributed by atoms with Crippen molar-refractivity contribution in [3.05, 3.63) is 69.5 Å². The van der Waals surface area contributed by atoms with Gasteiger partial charge < -0.3 is 10.6 Å². The standard InChI is InChI=1S/C19H13ClF2N4OS/c1-23-19(27)17-6-11(9-28-17)26-16-7-14(22)15(5-10(16)8-24-26)25-18-12(20)3-2-4-13(18)21/h2-9,25H,1H3,(H,23,27)/i22-1. The van der Waals surface area contributed by atoms with Crippen LogP contribution >= 0.6 is 22.9 Å². The Morgan fingerprint density at radius 3 is 2.79 bits per heavy atom. The van der Waals surface area contributed by atoms with E-state index in [0.717, 1.165) is 0 Å². The number of carbonyl (C=O) groups is 1. The number of rotatable bonds is 4. The number of thiophene rings is 1. The number of nitrogens with zero attached hydrogens (tertiary/aromatic N) is 2. The number of para-hydroxylation sites is 1. The van der Waals surface area contributed by atoms with Crippen LogP contribution in [-0.4, -0.2) is 22.7 Å². The van der Waals surface area contributed by atoms with Gasteiger partial charge in [-0.15, -0.1) is 11.3 Å². The maximum Gasteiger partial charge on any atom is 0.261 e. The number of aromatic nitrogens is 2. The van der Waals surface area contributed by atoms with E-state index in [1.165, 1.54) is 41.7 Å². The van der Waals surface area contributed by atoms with Crippen LogP contribution in [-0.2, 0) is 0 Å². The number of amides is 1. The molecule has 5 nitrogen and oxygen atoms in total. The first-order valence-corrected chi connectivity index (χ1v) is 9.43. The van der Waals surface area contributed by atoms with Crippen LogP contribution in [0.3, 0.4) is 0 Å². The number of anilines is 2. The number of nitrogens with one attached hydrogen (secondary N) is 2. The maximum atomic E-state index is 14.7. The molecule has 0 fully saturated rings. The Kier molecular flexibility index (Phi) is 4.74. The smallest absolute Gasteiger partial charge is 0.261 e. The lowest BCUT2D eigenvalue weighted by Crippen LogP contribution is -2.16. The first-order valence-electron chi connectivity index (χ1n) is 8.17. The fraction of sp³-hybridized carbons (Fsp3) is 0.0526. The molecule has 0 radical (unpaired) electrons. The van der Waals surface area contributed by atoms with Gasteiger partial charge in [0.25, 0.3) is 5.91 Å². The first-order chi connectivity index (χ1) is 13.5. The molecule has 0 aliphatic heterocycles. The van der Waals surface area contributed by atoms with E-state index >= 15 is 0 Å². The predicted octanol–water partition coefficient (Wildman–Crippen LogP) is 5.12. The Bertz CT molecular complexity index is 1180. The molecular weight excluding hydrogens is 405 g/mol. The van der Waals surface area contributed by atoms with Crippen molar-refractivity contribution in [2.75, 3.05) is 12.4 Å². The molecule has 2 N–H and O–H groups in total. The van der Waals surface area contributed by atoms with Crippen molar-refractivity contribution >= 4 is 51.1 Å². The summed E-state index contributed by atoms with van der Waals surface area (Å²) in [5.74, 6) is -1.37. The van der Waals surface area contributed by atoms with E-state index in [-0.39, 0.29) is 22.3 Å². The van der Waals surface area contributed by atoms with Gasteiger partial charge in [0.2, 0.25) is 0 Å². The normalized spacial score (nSPS) is 11.0. The summed E-state index contributed by atoms with van der Waals surface area (Å²) in [6.45, 7) is 0. The second kappa shape index (κ2) is 7.21. The molecular formula is C19H13ClF2N4OS. The molecule has 0 saturated heterocycles. The van der Waals surface area contributed by atoms with Crippen LogP contribution in [0.15, 0.2) is 48.0 Å².